The first kappa shape index (κ1) is 10.6. The quantitative estimate of drug-likeness (QED) is 0.433. The van der Waals surface area contributed by atoms with Crippen molar-refractivity contribution in [3.63, 3.8) is 0 Å². The van der Waals surface area contributed by atoms with Crippen LogP contribution in [0.3, 0.4) is 0 Å². The molecule has 0 aromatic carbocycles. The number of esters is 1. The smallest absolute Gasteiger partial charge is 0.330 e. The largest absolute Gasteiger partial charge is 0.480 e. The molecule has 0 aliphatic heterocycles. The van der Waals surface area contributed by atoms with E-state index in [0.29, 0.717) is 0 Å². The van der Waals surface area contributed by atoms with E-state index < -0.39 is 18.0 Å². The molecular formula is C7H11NO4. The Bertz CT molecular complexity index is 190. The van der Waals surface area contributed by atoms with Gasteiger partial charge in [-0.1, -0.05) is 6.58 Å². The Hall–Kier alpha value is -1.36. The third kappa shape index (κ3) is 4.45. The van der Waals surface area contributed by atoms with E-state index in [-0.39, 0.29) is 13.0 Å². The SMILES string of the molecule is C=CC(=O)OCC[C@H](N)C(=O)O. The van der Waals surface area contributed by atoms with Gasteiger partial charge in [-0.3, -0.25) is 4.79 Å². The van der Waals surface area contributed by atoms with Gasteiger partial charge in [-0.2, -0.15) is 0 Å². The van der Waals surface area contributed by atoms with Gasteiger partial charge in [0.1, 0.15) is 6.04 Å². The van der Waals surface area contributed by atoms with Gasteiger partial charge in [0, 0.05) is 12.5 Å². The molecule has 0 radical (unpaired) electrons. The highest BCUT2D eigenvalue weighted by Crippen LogP contribution is 1.90. The molecule has 0 rings (SSSR count). The zero-order valence-electron chi connectivity index (χ0n) is 6.53. The Morgan fingerprint density at radius 2 is 2.25 bits per heavy atom. The van der Waals surface area contributed by atoms with Gasteiger partial charge in [0.25, 0.3) is 0 Å². The molecule has 0 unspecified atom stereocenters. The summed E-state index contributed by atoms with van der Waals surface area (Å²) in [4.78, 5) is 20.6. The topological polar surface area (TPSA) is 89.6 Å². The van der Waals surface area contributed by atoms with Gasteiger partial charge in [-0.15, -0.1) is 0 Å². The van der Waals surface area contributed by atoms with E-state index in [4.69, 9.17) is 10.8 Å². The molecule has 68 valence electrons. The fraction of sp³-hybridized carbons (Fsp3) is 0.429. The molecule has 0 bridgehead atoms. The third-order valence-electron chi connectivity index (χ3n) is 1.16. The minimum absolute atomic E-state index is 0.00167. The molecule has 0 aliphatic carbocycles. The molecule has 0 aromatic heterocycles. The lowest BCUT2D eigenvalue weighted by molar-refractivity contribution is -0.142. The summed E-state index contributed by atoms with van der Waals surface area (Å²) in [5.74, 6) is -1.68. The second-order valence-corrected chi connectivity index (χ2v) is 2.11. The number of ether oxygens (including phenoxy) is 1. The van der Waals surface area contributed by atoms with Crippen LogP contribution in [-0.4, -0.2) is 29.7 Å². The van der Waals surface area contributed by atoms with Crippen LogP contribution >= 0.6 is 0 Å². The molecule has 0 amide bonds. The minimum atomic E-state index is -1.11. The monoisotopic (exact) mass is 173 g/mol. The van der Waals surface area contributed by atoms with E-state index >= 15 is 0 Å². The van der Waals surface area contributed by atoms with Crippen molar-refractivity contribution in [1.29, 1.82) is 0 Å². The van der Waals surface area contributed by atoms with Crippen molar-refractivity contribution in [3.8, 4) is 0 Å². The molecule has 0 saturated carbocycles. The summed E-state index contributed by atoms with van der Waals surface area (Å²) in [6, 6.07) is -0.984. The van der Waals surface area contributed by atoms with Gasteiger partial charge >= 0.3 is 11.9 Å². The van der Waals surface area contributed by atoms with Crippen molar-refractivity contribution in [2.45, 2.75) is 12.5 Å². The summed E-state index contributed by atoms with van der Waals surface area (Å²) in [7, 11) is 0. The Morgan fingerprint density at radius 1 is 1.67 bits per heavy atom. The zero-order chi connectivity index (χ0) is 9.56. The first-order valence-corrected chi connectivity index (χ1v) is 3.35. The molecular weight excluding hydrogens is 162 g/mol. The van der Waals surface area contributed by atoms with Crippen LogP contribution in [0.25, 0.3) is 0 Å². The maximum Gasteiger partial charge on any atom is 0.330 e. The van der Waals surface area contributed by atoms with Gasteiger partial charge < -0.3 is 15.6 Å². The van der Waals surface area contributed by atoms with Gasteiger partial charge in [0.2, 0.25) is 0 Å². The van der Waals surface area contributed by atoms with Crippen molar-refractivity contribution >= 4 is 11.9 Å². The van der Waals surface area contributed by atoms with Crippen molar-refractivity contribution in [2.75, 3.05) is 6.61 Å². The summed E-state index contributed by atoms with van der Waals surface area (Å²) in [6.07, 6.45) is 1.11. The fourth-order valence-corrected chi connectivity index (χ4v) is 0.469. The van der Waals surface area contributed by atoms with Crippen molar-refractivity contribution in [2.24, 2.45) is 5.73 Å². The van der Waals surface area contributed by atoms with Crippen LogP contribution in [0.15, 0.2) is 12.7 Å². The highest BCUT2D eigenvalue weighted by Gasteiger charge is 2.11. The average Bonchev–Trinajstić information content (AvgIpc) is 2.03. The highest BCUT2D eigenvalue weighted by molar-refractivity contribution is 5.81. The molecule has 1 atom stereocenters. The summed E-state index contributed by atoms with van der Waals surface area (Å²) < 4.78 is 4.51. The van der Waals surface area contributed by atoms with Gasteiger partial charge in [0.05, 0.1) is 6.61 Å². The summed E-state index contributed by atoms with van der Waals surface area (Å²) in [6.45, 7) is 3.17. The number of carbonyl (C=O) groups excluding carboxylic acids is 1. The van der Waals surface area contributed by atoms with Crippen LogP contribution in [0.1, 0.15) is 6.42 Å². The predicted molar refractivity (Wildman–Crippen MR) is 41.4 cm³/mol. The third-order valence-corrected chi connectivity index (χ3v) is 1.16. The lowest BCUT2D eigenvalue weighted by Gasteiger charge is -2.05. The number of carboxylic acid groups (broad SMARTS) is 1. The molecule has 0 spiro atoms. The van der Waals surface area contributed by atoms with Crippen LogP contribution in [0.4, 0.5) is 0 Å². The predicted octanol–water partition coefficient (Wildman–Crippen LogP) is -0.482. The van der Waals surface area contributed by atoms with E-state index in [1.807, 2.05) is 0 Å². The van der Waals surface area contributed by atoms with E-state index in [1.165, 1.54) is 0 Å². The molecule has 0 heterocycles. The van der Waals surface area contributed by atoms with Crippen molar-refractivity contribution in [1.82, 2.24) is 0 Å². The van der Waals surface area contributed by atoms with E-state index in [9.17, 15) is 9.59 Å². The number of nitrogens with two attached hydrogens (primary N) is 1. The summed E-state index contributed by atoms with van der Waals surface area (Å²) in [5.41, 5.74) is 5.13. The number of carbonyl (C=O) groups is 2. The van der Waals surface area contributed by atoms with Crippen LogP contribution in [0, 0.1) is 0 Å². The molecule has 0 saturated heterocycles. The molecule has 0 aliphatic rings. The Balaban J connectivity index is 3.49. The van der Waals surface area contributed by atoms with Crippen LogP contribution < -0.4 is 5.73 Å². The number of carboxylic acids is 1. The molecule has 3 N–H and O–H groups in total. The lowest BCUT2D eigenvalue weighted by Crippen LogP contribution is -2.31. The number of rotatable bonds is 5. The normalized spacial score (nSPS) is 11.8. The van der Waals surface area contributed by atoms with Crippen LogP contribution in [0.2, 0.25) is 0 Å². The van der Waals surface area contributed by atoms with E-state index in [2.05, 4.69) is 11.3 Å². The van der Waals surface area contributed by atoms with E-state index in [0.717, 1.165) is 6.08 Å². The average molecular weight is 173 g/mol. The highest BCUT2D eigenvalue weighted by atomic mass is 16.5. The number of aliphatic carboxylic acids is 1. The van der Waals surface area contributed by atoms with Gasteiger partial charge in [-0.05, 0) is 0 Å². The van der Waals surface area contributed by atoms with Crippen molar-refractivity contribution in [3.05, 3.63) is 12.7 Å². The molecule has 5 nitrogen and oxygen atoms in total. The first-order chi connectivity index (χ1) is 5.57. The Morgan fingerprint density at radius 3 is 2.67 bits per heavy atom. The van der Waals surface area contributed by atoms with Gasteiger partial charge in [0.15, 0.2) is 0 Å². The maximum atomic E-state index is 10.4. The Labute approximate surface area is 69.8 Å². The molecule has 5 heteroatoms. The zero-order valence-corrected chi connectivity index (χ0v) is 6.53. The second-order valence-electron chi connectivity index (χ2n) is 2.11. The van der Waals surface area contributed by atoms with Crippen LogP contribution in [-0.2, 0) is 14.3 Å². The number of hydrogen-bond donors (Lipinski definition) is 2. The van der Waals surface area contributed by atoms with Crippen LogP contribution in [0.5, 0.6) is 0 Å². The molecule has 0 fully saturated rings. The molecule has 12 heavy (non-hydrogen) atoms. The Kier molecular flexibility index (Phi) is 4.71. The van der Waals surface area contributed by atoms with E-state index in [1.54, 1.807) is 0 Å². The van der Waals surface area contributed by atoms with Crippen molar-refractivity contribution < 1.29 is 19.4 Å². The second kappa shape index (κ2) is 5.31. The summed E-state index contributed by atoms with van der Waals surface area (Å²) >= 11 is 0. The fourth-order valence-electron chi connectivity index (χ4n) is 0.469. The summed E-state index contributed by atoms with van der Waals surface area (Å²) in [5, 5.41) is 8.32. The standard InChI is InChI=1S/C7H11NO4/c1-2-6(9)12-4-3-5(8)7(10)11/h2,5H,1,3-4,8H2,(H,10,11)/t5-/m0/s1. The lowest BCUT2D eigenvalue weighted by atomic mass is 10.2. The minimum Gasteiger partial charge on any atom is -0.480 e. The first-order valence-electron chi connectivity index (χ1n) is 3.35. The van der Waals surface area contributed by atoms with Gasteiger partial charge in [-0.25, -0.2) is 4.79 Å². The number of hydrogen-bond acceptors (Lipinski definition) is 4. The molecule has 0 aromatic rings. The maximum absolute atomic E-state index is 10.4.